The molecule has 2 rings (SSSR count). The molecule has 0 aliphatic carbocycles. The fraction of sp³-hybridized carbons (Fsp3) is 0.438. The van der Waals surface area contributed by atoms with E-state index in [4.69, 9.17) is 0 Å². The van der Waals surface area contributed by atoms with Crippen LogP contribution in [0.15, 0.2) is 23.4 Å². The maximum Gasteiger partial charge on any atom is 0.242 e. The van der Waals surface area contributed by atoms with Gasteiger partial charge in [0.2, 0.25) is 11.8 Å². The highest BCUT2D eigenvalue weighted by Gasteiger charge is 2.15. The number of aromatic nitrogens is 2. The van der Waals surface area contributed by atoms with Crippen LogP contribution in [-0.4, -0.2) is 40.1 Å². The molecular formula is C16H22N4O2S. The summed E-state index contributed by atoms with van der Waals surface area (Å²) in [6.45, 7) is 6.30. The first-order valence-electron chi connectivity index (χ1n) is 7.66. The van der Waals surface area contributed by atoms with Crippen molar-refractivity contribution in [1.29, 1.82) is 0 Å². The second-order valence-electron chi connectivity index (χ2n) is 5.43. The minimum absolute atomic E-state index is 0.163. The fourth-order valence-electron chi connectivity index (χ4n) is 2.05. The Morgan fingerprint density at radius 3 is 2.91 bits per heavy atom. The number of thioether (sulfide) groups is 1. The van der Waals surface area contributed by atoms with Crippen molar-refractivity contribution in [2.24, 2.45) is 0 Å². The van der Waals surface area contributed by atoms with Gasteiger partial charge in [-0.05, 0) is 38.0 Å². The van der Waals surface area contributed by atoms with Crippen molar-refractivity contribution in [3.8, 4) is 0 Å². The number of hydrogen-bond donors (Lipinski definition) is 3. The lowest BCUT2D eigenvalue weighted by atomic mass is 10.2. The molecule has 1 heterocycles. The van der Waals surface area contributed by atoms with E-state index in [1.165, 1.54) is 11.8 Å². The molecule has 0 unspecified atom stereocenters. The molecule has 0 radical (unpaired) electrons. The summed E-state index contributed by atoms with van der Waals surface area (Å²) in [6, 6.07) is 5.44. The first-order valence-corrected chi connectivity index (χ1v) is 8.64. The molecule has 23 heavy (non-hydrogen) atoms. The van der Waals surface area contributed by atoms with Crippen LogP contribution < -0.4 is 10.6 Å². The summed E-state index contributed by atoms with van der Waals surface area (Å²) < 4.78 is 0. The Hall–Kier alpha value is -2.02. The van der Waals surface area contributed by atoms with Gasteiger partial charge in [0.25, 0.3) is 0 Å². The average Bonchev–Trinajstić information content (AvgIpc) is 2.92. The van der Waals surface area contributed by atoms with Crippen LogP contribution >= 0.6 is 11.8 Å². The zero-order valence-electron chi connectivity index (χ0n) is 13.6. The molecule has 0 spiro atoms. The smallest absolute Gasteiger partial charge is 0.242 e. The molecule has 3 N–H and O–H groups in total. The molecule has 2 aromatic rings. The van der Waals surface area contributed by atoms with Gasteiger partial charge in [0.05, 0.1) is 16.8 Å². The molecule has 0 bridgehead atoms. The molecule has 7 heteroatoms. The van der Waals surface area contributed by atoms with E-state index in [1.807, 2.05) is 32.0 Å². The summed E-state index contributed by atoms with van der Waals surface area (Å²) in [7, 11) is 0. The summed E-state index contributed by atoms with van der Waals surface area (Å²) in [4.78, 5) is 31.2. The number of amides is 2. The normalized spacial score (nSPS) is 12.1. The van der Waals surface area contributed by atoms with Crippen molar-refractivity contribution in [1.82, 2.24) is 20.6 Å². The number of H-pyrrole nitrogens is 1. The number of aromatic amines is 1. The summed E-state index contributed by atoms with van der Waals surface area (Å²) in [5.74, 6) is -0.139. The molecule has 1 aromatic heterocycles. The molecule has 124 valence electrons. The Labute approximate surface area is 139 Å². The molecule has 1 atom stereocenters. The van der Waals surface area contributed by atoms with Crippen LogP contribution in [0.1, 0.15) is 25.8 Å². The van der Waals surface area contributed by atoms with E-state index < -0.39 is 6.04 Å². The number of hydrogen-bond acceptors (Lipinski definition) is 4. The highest BCUT2D eigenvalue weighted by Crippen LogP contribution is 2.20. The third-order valence-corrected chi connectivity index (χ3v) is 4.15. The monoisotopic (exact) mass is 334 g/mol. The number of rotatable bonds is 7. The van der Waals surface area contributed by atoms with E-state index in [0.29, 0.717) is 11.7 Å². The highest BCUT2D eigenvalue weighted by atomic mass is 32.2. The molecule has 0 fully saturated rings. The van der Waals surface area contributed by atoms with Gasteiger partial charge in [-0.2, -0.15) is 0 Å². The Morgan fingerprint density at radius 1 is 1.39 bits per heavy atom. The maximum atomic E-state index is 11.9. The molecule has 6 nitrogen and oxygen atoms in total. The molecule has 2 amide bonds. The van der Waals surface area contributed by atoms with Gasteiger partial charge in [-0.3, -0.25) is 9.59 Å². The van der Waals surface area contributed by atoms with Crippen molar-refractivity contribution in [3.05, 3.63) is 23.8 Å². The van der Waals surface area contributed by atoms with Gasteiger partial charge < -0.3 is 15.6 Å². The molecular weight excluding hydrogens is 312 g/mol. The van der Waals surface area contributed by atoms with Gasteiger partial charge in [-0.1, -0.05) is 24.8 Å². The first kappa shape index (κ1) is 17.3. The van der Waals surface area contributed by atoms with Crippen molar-refractivity contribution in [2.75, 3.05) is 12.3 Å². The van der Waals surface area contributed by atoms with Gasteiger partial charge in [0.15, 0.2) is 5.16 Å². The Balaban J connectivity index is 1.84. The van der Waals surface area contributed by atoms with Crippen LogP contribution in [0.25, 0.3) is 11.0 Å². The molecule has 0 aliphatic heterocycles. The number of imidazole rings is 1. The highest BCUT2D eigenvalue weighted by molar-refractivity contribution is 7.99. The lowest BCUT2D eigenvalue weighted by molar-refractivity contribution is -0.127. The average molecular weight is 334 g/mol. The standard InChI is InChI=1S/C16H22N4O2S/c1-4-7-17-15(22)11(3)18-14(21)9-23-16-19-12-6-5-10(2)8-13(12)20-16/h5-6,8,11H,4,7,9H2,1-3H3,(H,17,22)(H,18,21)(H,19,20)/t11-/m1/s1. The molecule has 0 saturated carbocycles. The van der Waals surface area contributed by atoms with E-state index >= 15 is 0 Å². The quantitative estimate of drug-likeness (QED) is 0.676. The van der Waals surface area contributed by atoms with Crippen LogP contribution in [-0.2, 0) is 9.59 Å². The number of fused-ring (bicyclic) bond motifs is 1. The maximum absolute atomic E-state index is 11.9. The summed E-state index contributed by atoms with van der Waals surface area (Å²) in [6.07, 6.45) is 0.869. The minimum Gasteiger partial charge on any atom is -0.354 e. The Morgan fingerprint density at radius 2 is 2.17 bits per heavy atom. The van der Waals surface area contributed by atoms with Gasteiger partial charge in [-0.15, -0.1) is 0 Å². The summed E-state index contributed by atoms with van der Waals surface area (Å²) in [5, 5.41) is 6.14. The van der Waals surface area contributed by atoms with E-state index in [0.717, 1.165) is 23.0 Å². The summed E-state index contributed by atoms with van der Waals surface area (Å²) in [5.41, 5.74) is 2.99. The largest absolute Gasteiger partial charge is 0.354 e. The minimum atomic E-state index is -0.534. The van der Waals surface area contributed by atoms with Gasteiger partial charge in [-0.25, -0.2) is 4.98 Å². The predicted molar refractivity (Wildman–Crippen MR) is 92.5 cm³/mol. The predicted octanol–water partition coefficient (Wildman–Crippen LogP) is 1.99. The van der Waals surface area contributed by atoms with Crippen molar-refractivity contribution in [2.45, 2.75) is 38.4 Å². The topological polar surface area (TPSA) is 86.9 Å². The molecule has 0 aliphatic rings. The van der Waals surface area contributed by atoms with Crippen LogP contribution in [0.2, 0.25) is 0 Å². The van der Waals surface area contributed by atoms with E-state index in [-0.39, 0.29) is 17.6 Å². The van der Waals surface area contributed by atoms with E-state index in [9.17, 15) is 9.59 Å². The van der Waals surface area contributed by atoms with Crippen LogP contribution in [0.4, 0.5) is 0 Å². The lowest BCUT2D eigenvalue weighted by Crippen LogP contribution is -2.45. The lowest BCUT2D eigenvalue weighted by Gasteiger charge is -2.13. The van der Waals surface area contributed by atoms with Gasteiger partial charge in [0.1, 0.15) is 6.04 Å². The zero-order chi connectivity index (χ0) is 16.8. The SMILES string of the molecule is CCCNC(=O)[C@@H](C)NC(=O)CSc1nc2ccc(C)cc2[nH]1. The molecule has 1 aromatic carbocycles. The number of benzene rings is 1. The Kier molecular flexibility index (Phi) is 6.04. The van der Waals surface area contributed by atoms with Crippen LogP contribution in [0, 0.1) is 6.92 Å². The number of nitrogens with zero attached hydrogens (tertiary/aromatic N) is 1. The second kappa shape index (κ2) is 8.01. The van der Waals surface area contributed by atoms with Crippen LogP contribution in [0.3, 0.4) is 0 Å². The third-order valence-electron chi connectivity index (χ3n) is 3.28. The zero-order valence-corrected chi connectivity index (χ0v) is 14.4. The Bertz CT molecular complexity index is 698. The van der Waals surface area contributed by atoms with Gasteiger partial charge in [0, 0.05) is 6.54 Å². The second-order valence-corrected chi connectivity index (χ2v) is 6.40. The third kappa shape index (κ3) is 4.99. The first-order chi connectivity index (χ1) is 11.0. The number of aryl methyl sites for hydroxylation is 1. The van der Waals surface area contributed by atoms with Gasteiger partial charge >= 0.3 is 0 Å². The van der Waals surface area contributed by atoms with Crippen molar-refractivity contribution >= 4 is 34.6 Å². The van der Waals surface area contributed by atoms with E-state index in [1.54, 1.807) is 6.92 Å². The van der Waals surface area contributed by atoms with Crippen molar-refractivity contribution in [3.63, 3.8) is 0 Å². The number of carbonyl (C=O) groups is 2. The summed E-state index contributed by atoms with van der Waals surface area (Å²) >= 11 is 1.32. The number of carbonyl (C=O) groups excluding carboxylic acids is 2. The number of nitrogens with one attached hydrogen (secondary N) is 3. The fourth-order valence-corrected chi connectivity index (χ4v) is 2.75. The van der Waals surface area contributed by atoms with Crippen LogP contribution in [0.5, 0.6) is 0 Å². The van der Waals surface area contributed by atoms with E-state index in [2.05, 4.69) is 20.6 Å². The molecule has 0 saturated heterocycles. The van der Waals surface area contributed by atoms with Crippen molar-refractivity contribution < 1.29 is 9.59 Å².